The Kier molecular flexibility index (Phi) is 4.55. The van der Waals surface area contributed by atoms with E-state index in [1.54, 1.807) is 12.1 Å². The molecule has 0 radical (unpaired) electrons. The fourth-order valence-corrected chi connectivity index (χ4v) is 1.99. The molecule has 3 nitrogen and oxygen atoms in total. The van der Waals surface area contributed by atoms with Crippen LogP contribution in [0.1, 0.15) is 32.0 Å². The zero-order valence-electron chi connectivity index (χ0n) is 12.4. The van der Waals surface area contributed by atoms with Gasteiger partial charge in [-0.3, -0.25) is 0 Å². The molecule has 1 aromatic heterocycles. The molecule has 0 spiro atoms. The molecular formula is C16H22FN3. The quantitative estimate of drug-likeness (QED) is 0.908. The molecule has 0 aliphatic rings. The molecule has 0 fully saturated rings. The lowest BCUT2D eigenvalue weighted by Gasteiger charge is -2.21. The predicted molar refractivity (Wildman–Crippen MR) is 78.9 cm³/mol. The minimum atomic E-state index is -0.178. The zero-order chi connectivity index (χ0) is 14.6. The first kappa shape index (κ1) is 14.7. The Hall–Kier alpha value is -1.68. The summed E-state index contributed by atoms with van der Waals surface area (Å²) < 4.78 is 15.2. The van der Waals surface area contributed by atoms with Crippen LogP contribution in [0.5, 0.6) is 0 Å². The molecule has 4 heteroatoms. The highest BCUT2D eigenvalue weighted by atomic mass is 19.1. The average Bonchev–Trinajstić information content (AvgIpc) is 2.81. The summed E-state index contributed by atoms with van der Waals surface area (Å²) in [4.78, 5) is 4.20. The summed E-state index contributed by atoms with van der Waals surface area (Å²) >= 11 is 0. The molecule has 0 saturated carbocycles. The topological polar surface area (TPSA) is 29.9 Å². The Labute approximate surface area is 119 Å². The summed E-state index contributed by atoms with van der Waals surface area (Å²) in [7, 11) is 0. The maximum Gasteiger partial charge on any atom is 0.123 e. The van der Waals surface area contributed by atoms with Gasteiger partial charge < -0.3 is 9.88 Å². The second kappa shape index (κ2) is 6.18. The van der Waals surface area contributed by atoms with Gasteiger partial charge >= 0.3 is 0 Å². The molecule has 1 aromatic carbocycles. The number of halogens is 1. The van der Waals surface area contributed by atoms with Crippen molar-refractivity contribution in [3.8, 4) is 0 Å². The fourth-order valence-electron chi connectivity index (χ4n) is 1.99. The molecule has 108 valence electrons. The highest BCUT2D eigenvalue weighted by Crippen LogP contribution is 2.08. The van der Waals surface area contributed by atoms with Gasteiger partial charge in [0, 0.05) is 24.8 Å². The normalized spacial score (nSPS) is 11.8. The first-order chi connectivity index (χ1) is 9.44. The number of hydrogen-bond donors (Lipinski definition) is 1. The van der Waals surface area contributed by atoms with Crippen LogP contribution in [0.15, 0.2) is 36.8 Å². The van der Waals surface area contributed by atoms with Crippen molar-refractivity contribution in [2.24, 2.45) is 0 Å². The van der Waals surface area contributed by atoms with Gasteiger partial charge in [-0.1, -0.05) is 12.1 Å². The lowest BCUT2D eigenvalue weighted by molar-refractivity contribution is 0.415. The second-order valence-electron chi connectivity index (χ2n) is 6.06. The highest BCUT2D eigenvalue weighted by Gasteiger charge is 2.10. The van der Waals surface area contributed by atoms with Crippen molar-refractivity contribution in [3.63, 3.8) is 0 Å². The molecular weight excluding hydrogens is 253 g/mol. The van der Waals surface area contributed by atoms with E-state index in [2.05, 4.69) is 35.6 Å². The highest BCUT2D eigenvalue weighted by molar-refractivity contribution is 5.16. The molecule has 0 atom stereocenters. The predicted octanol–water partition coefficient (Wildman–Crippen LogP) is 3.15. The van der Waals surface area contributed by atoms with Crippen LogP contribution in [-0.2, 0) is 19.5 Å². The van der Waals surface area contributed by atoms with Crippen LogP contribution in [0.3, 0.4) is 0 Å². The van der Waals surface area contributed by atoms with Crippen LogP contribution >= 0.6 is 0 Å². The third-order valence-corrected chi connectivity index (χ3v) is 3.13. The van der Waals surface area contributed by atoms with Gasteiger partial charge in [0.05, 0.1) is 12.0 Å². The maximum atomic E-state index is 13.1. The SMILES string of the molecule is CC(C)(C)NCc1cncn1CCc1cccc(F)c1. The van der Waals surface area contributed by atoms with Crippen molar-refractivity contribution in [2.45, 2.75) is 45.8 Å². The molecule has 1 N–H and O–H groups in total. The Morgan fingerprint density at radius 3 is 2.80 bits per heavy atom. The molecule has 2 rings (SSSR count). The van der Waals surface area contributed by atoms with Crippen molar-refractivity contribution in [1.29, 1.82) is 0 Å². The van der Waals surface area contributed by atoms with E-state index >= 15 is 0 Å². The van der Waals surface area contributed by atoms with Gasteiger partial charge in [0.15, 0.2) is 0 Å². The first-order valence-electron chi connectivity index (χ1n) is 6.92. The Balaban J connectivity index is 1.95. The average molecular weight is 275 g/mol. The summed E-state index contributed by atoms with van der Waals surface area (Å²) in [5, 5.41) is 3.45. The third kappa shape index (κ3) is 4.46. The smallest absolute Gasteiger partial charge is 0.123 e. The summed E-state index contributed by atoms with van der Waals surface area (Å²) in [5.41, 5.74) is 2.24. The van der Waals surface area contributed by atoms with E-state index in [0.717, 1.165) is 30.8 Å². The first-order valence-corrected chi connectivity index (χ1v) is 6.92. The van der Waals surface area contributed by atoms with E-state index in [9.17, 15) is 4.39 Å². The molecule has 0 unspecified atom stereocenters. The van der Waals surface area contributed by atoms with Gasteiger partial charge in [0.25, 0.3) is 0 Å². The van der Waals surface area contributed by atoms with Gasteiger partial charge in [-0.15, -0.1) is 0 Å². The molecule has 0 amide bonds. The van der Waals surface area contributed by atoms with Gasteiger partial charge in [-0.2, -0.15) is 0 Å². The number of imidazole rings is 1. The number of aromatic nitrogens is 2. The standard InChI is InChI=1S/C16H22FN3/c1-16(2,3)19-11-15-10-18-12-20(15)8-7-13-5-4-6-14(17)9-13/h4-6,9-10,12,19H,7-8,11H2,1-3H3. The van der Waals surface area contributed by atoms with Crippen molar-refractivity contribution in [3.05, 3.63) is 53.9 Å². The van der Waals surface area contributed by atoms with Crippen LogP contribution in [0.4, 0.5) is 4.39 Å². The van der Waals surface area contributed by atoms with Gasteiger partial charge in [0.2, 0.25) is 0 Å². The van der Waals surface area contributed by atoms with Crippen LogP contribution in [0.2, 0.25) is 0 Å². The molecule has 1 heterocycles. The molecule has 0 bridgehead atoms. The maximum absolute atomic E-state index is 13.1. The molecule has 20 heavy (non-hydrogen) atoms. The largest absolute Gasteiger partial charge is 0.333 e. The van der Waals surface area contributed by atoms with Gasteiger partial charge in [0.1, 0.15) is 5.82 Å². The van der Waals surface area contributed by atoms with E-state index in [-0.39, 0.29) is 11.4 Å². The van der Waals surface area contributed by atoms with E-state index in [0.29, 0.717) is 0 Å². The van der Waals surface area contributed by atoms with Crippen LogP contribution in [0.25, 0.3) is 0 Å². The number of benzene rings is 1. The minimum Gasteiger partial charge on any atom is -0.333 e. The monoisotopic (exact) mass is 275 g/mol. The molecule has 0 aliphatic heterocycles. The van der Waals surface area contributed by atoms with Crippen LogP contribution in [-0.4, -0.2) is 15.1 Å². The number of nitrogens with zero attached hydrogens (tertiary/aromatic N) is 2. The summed E-state index contributed by atoms with van der Waals surface area (Å²) in [6.45, 7) is 8.01. The lowest BCUT2D eigenvalue weighted by Crippen LogP contribution is -2.35. The zero-order valence-corrected chi connectivity index (χ0v) is 12.4. The van der Waals surface area contributed by atoms with Crippen LogP contribution < -0.4 is 5.32 Å². The molecule has 0 saturated heterocycles. The van der Waals surface area contributed by atoms with Crippen molar-refractivity contribution in [1.82, 2.24) is 14.9 Å². The summed E-state index contributed by atoms with van der Waals surface area (Å²) in [6.07, 6.45) is 4.51. The second-order valence-corrected chi connectivity index (χ2v) is 6.06. The number of nitrogens with one attached hydrogen (secondary N) is 1. The lowest BCUT2D eigenvalue weighted by atomic mass is 10.1. The van der Waals surface area contributed by atoms with Crippen LogP contribution in [0, 0.1) is 5.82 Å². The van der Waals surface area contributed by atoms with Crippen molar-refractivity contribution in [2.75, 3.05) is 0 Å². The van der Waals surface area contributed by atoms with E-state index in [4.69, 9.17) is 0 Å². The fraction of sp³-hybridized carbons (Fsp3) is 0.438. The van der Waals surface area contributed by atoms with E-state index < -0.39 is 0 Å². The summed E-state index contributed by atoms with van der Waals surface area (Å²) in [5.74, 6) is -0.178. The van der Waals surface area contributed by atoms with Crippen molar-refractivity contribution >= 4 is 0 Å². The third-order valence-electron chi connectivity index (χ3n) is 3.13. The van der Waals surface area contributed by atoms with E-state index in [1.807, 2.05) is 18.6 Å². The molecule has 0 aliphatic carbocycles. The van der Waals surface area contributed by atoms with E-state index in [1.165, 1.54) is 6.07 Å². The Morgan fingerprint density at radius 2 is 2.10 bits per heavy atom. The number of rotatable bonds is 5. The number of aryl methyl sites for hydroxylation is 2. The minimum absolute atomic E-state index is 0.0810. The van der Waals surface area contributed by atoms with Gasteiger partial charge in [-0.25, -0.2) is 9.37 Å². The summed E-state index contributed by atoms with van der Waals surface area (Å²) in [6, 6.07) is 6.76. The Morgan fingerprint density at radius 1 is 1.30 bits per heavy atom. The van der Waals surface area contributed by atoms with Gasteiger partial charge in [-0.05, 0) is 44.9 Å². The van der Waals surface area contributed by atoms with Crippen molar-refractivity contribution < 1.29 is 4.39 Å². The number of hydrogen-bond acceptors (Lipinski definition) is 2. The molecule has 2 aromatic rings. The Bertz CT molecular complexity index is 555.